The van der Waals surface area contributed by atoms with Gasteiger partial charge in [-0.05, 0) is 50.8 Å². The normalized spacial score (nSPS) is 18.7. The molecule has 4 rings (SSSR count). The highest BCUT2D eigenvalue weighted by Crippen LogP contribution is 2.30. The van der Waals surface area contributed by atoms with Crippen LogP contribution in [0, 0.1) is 12.8 Å². The fourth-order valence-electron chi connectivity index (χ4n) is 4.07. The van der Waals surface area contributed by atoms with Crippen LogP contribution < -0.4 is 0 Å². The van der Waals surface area contributed by atoms with Gasteiger partial charge in [0, 0.05) is 48.1 Å². The Labute approximate surface area is 157 Å². The lowest BCUT2D eigenvalue weighted by Gasteiger charge is -2.32. The zero-order chi connectivity index (χ0) is 18.3. The molecule has 1 aromatic heterocycles. The number of likely N-dealkylation sites (tertiary alicyclic amines) is 2. The summed E-state index contributed by atoms with van der Waals surface area (Å²) in [4.78, 5) is 29.2. The lowest BCUT2D eigenvalue weighted by atomic mass is 9.95. The van der Waals surface area contributed by atoms with Gasteiger partial charge in [-0.25, -0.2) is 0 Å². The Morgan fingerprint density at radius 3 is 2.46 bits per heavy atom. The molecule has 2 amide bonds. The molecular weight excluding hydrogens is 352 g/mol. The van der Waals surface area contributed by atoms with Gasteiger partial charge in [-0.2, -0.15) is 0 Å². The van der Waals surface area contributed by atoms with Crippen molar-refractivity contribution >= 4 is 34.4 Å². The van der Waals surface area contributed by atoms with Gasteiger partial charge in [0.2, 0.25) is 5.91 Å². The Balaban J connectivity index is 1.45. The van der Waals surface area contributed by atoms with Crippen LogP contribution in [0.3, 0.4) is 0 Å². The average molecular weight is 375 g/mol. The van der Waals surface area contributed by atoms with Crippen LogP contribution in [-0.4, -0.2) is 47.8 Å². The van der Waals surface area contributed by atoms with E-state index in [-0.39, 0.29) is 17.7 Å². The first kappa shape index (κ1) is 17.4. The fourth-order valence-corrected chi connectivity index (χ4v) is 4.24. The van der Waals surface area contributed by atoms with Crippen molar-refractivity contribution in [1.82, 2.24) is 9.80 Å². The number of nitrogens with zero attached hydrogens (tertiary/aromatic N) is 2. The van der Waals surface area contributed by atoms with Crippen LogP contribution in [0.4, 0.5) is 0 Å². The Kier molecular flexibility index (Phi) is 4.65. The van der Waals surface area contributed by atoms with E-state index in [9.17, 15) is 9.59 Å². The van der Waals surface area contributed by atoms with Crippen LogP contribution >= 0.6 is 11.6 Å². The molecule has 3 heterocycles. The predicted molar refractivity (Wildman–Crippen MR) is 100 cm³/mol. The van der Waals surface area contributed by atoms with Crippen LogP contribution in [-0.2, 0) is 4.79 Å². The van der Waals surface area contributed by atoms with E-state index in [1.54, 1.807) is 17.0 Å². The summed E-state index contributed by atoms with van der Waals surface area (Å²) in [6.45, 7) is 4.86. The molecule has 2 aromatic rings. The molecule has 138 valence electrons. The van der Waals surface area contributed by atoms with E-state index >= 15 is 0 Å². The van der Waals surface area contributed by atoms with Gasteiger partial charge in [-0.3, -0.25) is 9.59 Å². The molecule has 2 aliphatic heterocycles. The number of rotatable bonds is 2. The topological polar surface area (TPSA) is 53.8 Å². The summed E-state index contributed by atoms with van der Waals surface area (Å²) in [5, 5.41) is 1.50. The number of hydrogen-bond donors (Lipinski definition) is 0. The van der Waals surface area contributed by atoms with Gasteiger partial charge in [0.25, 0.3) is 5.91 Å². The Bertz CT molecular complexity index is 846. The summed E-state index contributed by atoms with van der Waals surface area (Å²) in [6.07, 6.45) is 3.68. The summed E-state index contributed by atoms with van der Waals surface area (Å²) in [7, 11) is 0. The Morgan fingerprint density at radius 2 is 1.77 bits per heavy atom. The second-order valence-electron chi connectivity index (χ2n) is 7.30. The maximum atomic E-state index is 12.9. The first-order chi connectivity index (χ1) is 12.5. The summed E-state index contributed by atoms with van der Waals surface area (Å²) in [6, 6.07) is 5.38. The highest BCUT2D eigenvalue weighted by molar-refractivity contribution is 6.31. The van der Waals surface area contributed by atoms with Crippen molar-refractivity contribution in [3.8, 4) is 0 Å². The molecule has 0 aliphatic carbocycles. The van der Waals surface area contributed by atoms with E-state index < -0.39 is 0 Å². The molecule has 5 nitrogen and oxygen atoms in total. The van der Waals surface area contributed by atoms with Gasteiger partial charge in [0.1, 0.15) is 5.58 Å². The third kappa shape index (κ3) is 3.09. The number of benzene rings is 1. The molecule has 2 fully saturated rings. The van der Waals surface area contributed by atoms with Gasteiger partial charge < -0.3 is 14.2 Å². The number of fused-ring (bicyclic) bond motifs is 1. The van der Waals surface area contributed by atoms with Crippen molar-refractivity contribution in [1.29, 1.82) is 0 Å². The first-order valence-corrected chi connectivity index (χ1v) is 9.69. The van der Waals surface area contributed by atoms with Crippen LogP contribution in [0.25, 0.3) is 11.0 Å². The Hall–Kier alpha value is -2.01. The maximum absolute atomic E-state index is 12.9. The number of aryl methyl sites for hydroxylation is 1. The lowest BCUT2D eigenvalue weighted by molar-refractivity contribution is -0.135. The maximum Gasteiger partial charge on any atom is 0.289 e. The molecule has 0 radical (unpaired) electrons. The van der Waals surface area contributed by atoms with Gasteiger partial charge in [-0.1, -0.05) is 11.6 Å². The number of carbonyl (C=O) groups is 2. The van der Waals surface area contributed by atoms with Crippen molar-refractivity contribution in [2.75, 3.05) is 26.2 Å². The number of piperidine rings is 1. The number of hydrogen-bond acceptors (Lipinski definition) is 3. The second kappa shape index (κ2) is 6.95. The van der Waals surface area contributed by atoms with Crippen LogP contribution in [0.5, 0.6) is 0 Å². The largest absolute Gasteiger partial charge is 0.451 e. The summed E-state index contributed by atoms with van der Waals surface area (Å²) < 4.78 is 5.80. The summed E-state index contributed by atoms with van der Waals surface area (Å²) in [5.41, 5.74) is 1.50. The molecule has 2 aliphatic rings. The number of amides is 2. The van der Waals surface area contributed by atoms with Gasteiger partial charge in [0.15, 0.2) is 5.76 Å². The summed E-state index contributed by atoms with van der Waals surface area (Å²) in [5.74, 6) is 0.602. The highest BCUT2D eigenvalue weighted by Gasteiger charge is 2.32. The number of halogens is 1. The van der Waals surface area contributed by atoms with E-state index in [0.29, 0.717) is 29.5 Å². The van der Waals surface area contributed by atoms with Crippen LogP contribution in [0.2, 0.25) is 5.02 Å². The van der Waals surface area contributed by atoms with Crippen LogP contribution in [0.1, 0.15) is 41.8 Å². The fraction of sp³-hybridized carbons (Fsp3) is 0.500. The minimum absolute atomic E-state index is 0.0488. The van der Waals surface area contributed by atoms with Crippen molar-refractivity contribution in [2.45, 2.75) is 32.6 Å². The molecule has 0 spiro atoms. The third-order valence-electron chi connectivity index (χ3n) is 5.64. The van der Waals surface area contributed by atoms with Crippen molar-refractivity contribution in [2.24, 2.45) is 5.92 Å². The monoisotopic (exact) mass is 374 g/mol. The smallest absolute Gasteiger partial charge is 0.289 e. The molecule has 0 atom stereocenters. The molecule has 0 bridgehead atoms. The Morgan fingerprint density at radius 1 is 1.08 bits per heavy atom. The molecule has 0 N–H and O–H groups in total. The second-order valence-corrected chi connectivity index (χ2v) is 7.73. The van der Waals surface area contributed by atoms with Crippen molar-refractivity contribution < 1.29 is 14.0 Å². The van der Waals surface area contributed by atoms with Crippen LogP contribution in [0.15, 0.2) is 22.6 Å². The van der Waals surface area contributed by atoms with E-state index in [1.165, 1.54) is 0 Å². The predicted octanol–water partition coefficient (Wildman–Crippen LogP) is 3.87. The molecule has 1 aromatic carbocycles. The molecule has 0 unspecified atom stereocenters. The molecule has 0 saturated carbocycles. The van der Waals surface area contributed by atoms with E-state index in [0.717, 1.165) is 49.7 Å². The zero-order valence-corrected chi connectivity index (χ0v) is 15.7. The molecule has 6 heteroatoms. The van der Waals surface area contributed by atoms with Crippen molar-refractivity contribution in [3.05, 3.63) is 34.5 Å². The van der Waals surface area contributed by atoms with Gasteiger partial charge in [-0.15, -0.1) is 0 Å². The SMILES string of the molecule is Cc1c(C(=O)N2CCC(C(=O)N3CCCC3)CC2)oc2ccc(Cl)cc12. The molecule has 26 heavy (non-hydrogen) atoms. The lowest BCUT2D eigenvalue weighted by Crippen LogP contribution is -2.43. The minimum Gasteiger partial charge on any atom is -0.451 e. The molecular formula is C20H23ClN2O3. The van der Waals surface area contributed by atoms with E-state index in [2.05, 4.69) is 0 Å². The number of carbonyl (C=O) groups excluding carboxylic acids is 2. The quantitative estimate of drug-likeness (QED) is 0.801. The van der Waals surface area contributed by atoms with Gasteiger partial charge in [0.05, 0.1) is 0 Å². The third-order valence-corrected chi connectivity index (χ3v) is 5.88. The zero-order valence-electron chi connectivity index (χ0n) is 15.0. The van der Waals surface area contributed by atoms with Crippen molar-refractivity contribution in [3.63, 3.8) is 0 Å². The molecule has 2 saturated heterocycles. The average Bonchev–Trinajstić information content (AvgIpc) is 3.30. The van der Waals surface area contributed by atoms with Gasteiger partial charge >= 0.3 is 0 Å². The standard InChI is InChI=1S/C20H23ClN2O3/c1-13-16-12-15(21)4-5-17(16)26-18(13)20(25)23-10-6-14(7-11-23)19(24)22-8-2-3-9-22/h4-5,12,14H,2-3,6-11H2,1H3. The minimum atomic E-state index is -0.0955. The van der Waals surface area contributed by atoms with E-state index in [4.69, 9.17) is 16.0 Å². The number of furan rings is 1. The summed E-state index contributed by atoms with van der Waals surface area (Å²) >= 11 is 6.05. The highest BCUT2D eigenvalue weighted by atomic mass is 35.5. The van der Waals surface area contributed by atoms with E-state index in [1.807, 2.05) is 17.9 Å². The first-order valence-electron chi connectivity index (χ1n) is 9.31.